The van der Waals surface area contributed by atoms with Gasteiger partial charge in [-0.05, 0) is 13.8 Å². The molecule has 0 saturated heterocycles. The van der Waals surface area contributed by atoms with Crippen LogP contribution in [0.15, 0.2) is 18.6 Å². The molecule has 126 valence electrons. The smallest absolute Gasteiger partial charge is 0.263 e. The second-order valence-electron chi connectivity index (χ2n) is 5.92. The van der Waals surface area contributed by atoms with Gasteiger partial charge < -0.3 is 4.74 Å². The Morgan fingerprint density at radius 2 is 1.92 bits per heavy atom. The summed E-state index contributed by atoms with van der Waals surface area (Å²) in [6, 6.07) is 0. The topological polar surface area (TPSA) is 101 Å². The van der Waals surface area contributed by atoms with E-state index >= 15 is 0 Å². The molecule has 8 nitrogen and oxygen atoms in total. The highest BCUT2D eigenvalue weighted by atomic mass is 16.5. The standard InChI is InChI=1S/C17H15N5O3/c1-8-4-18-12(9(2)14(8)25-3)7-22-16(23)11-5-19-15-10(6-20-21-15)13(11)17(22)24/h4-6H,7H2,1-3H3,(H,19,20,21). The number of carbonyl (C=O) groups is 2. The van der Waals surface area contributed by atoms with Gasteiger partial charge in [0.05, 0.1) is 42.1 Å². The Morgan fingerprint density at radius 3 is 2.68 bits per heavy atom. The van der Waals surface area contributed by atoms with E-state index in [1.54, 1.807) is 13.3 Å². The molecule has 0 aromatic carbocycles. The Labute approximate surface area is 142 Å². The number of hydrogen-bond donors (Lipinski definition) is 1. The first kappa shape index (κ1) is 15.3. The molecule has 0 atom stereocenters. The molecular weight excluding hydrogens is 322 g/mol. The molecule has 0 aliphatic carbocycles. The van der Waals surface area contributed by atoms with Crippen molar-refractivity contribution in [1.82, 2.24) is 25.1 Å². The zero-order valence-electron chi connectivity index (χ0n) is 14.0. The van der Waals surface area contributed by atoms with E-state index in [4.69, 9.17) is 4.74 Å². The number of nitrogens with one attached hydrogen (secondary N) is 1. The van der Waals surface area contributed by atoms with Crippen molar-refractivity contribution < 1.29 is 14.3 Å². The van der Waals surface area contributed by atoms with Gasteiger partial charge in [0.15, 0.2) is 5.65 Å². The molecule has 0 bridgehead atoms. The van der Waals surface area contributed by atoms with Crippen molar-refractivity contribution >= 4 is 22.8 Å². The quantitative estimate of drug-likeness (QED) is 0.731. The van der Waals surface area contributed by atoms with Crippen LogP contribution in [0.1, 0.15) is 37.5 Å². The summed E-state index contributed by atoms with van der Waals surface area (Å²) in [5, 5.41) is 7.15. The Bertz CT molecular complexity index is 1040. The minimum absolute atomic E-state index is 0.0775. The molecule has 8 heteroatoms. The number of fused-ring (bicyclic) bond motifs is 3. The molecule has 3 aromatic rings. The minimum atomic E-state index is -0.378. The largest absolute Gasteiger partial charge is 0.496 e. The van der Waals surface area contributed by atoms with Crippen molar-refractivity contribution in [3.8, 4) is 5.75 Å². The number of imide groups is 1. The van der Waals surface area contributed by atoms with E-state index in [-0.39, 0.29) is 23.9 Å². The van der Waals surface area contributed by atoms with Crippen LogP contribution in [0.2, 0.25) is 0 Å². The molecule has 1 aliphatic heterocycles. The number of aromatic amines is 1. The van der Waals surface area contributed by atoms with Crippen LogP contribution in [0.5, 0.6) is 5.75 Å². The Kier molecular flexibility index (Phi) is 3.28. The van der Waals surface area contributed by atoms with E-state index in [9.17, 15) is 9.59 Å². The number of rotatable bonds is 3. The number of pyridine rings is 2. The van der Waals surface area contributed by atoms with E-state index in [1.807, 2.05) is 13.8 Å². The van der Waals surface area contributed by atoms with Crippen LogP contribution in [0, 0.1) is 13.8 Å². The highest BCUT2D eigenvalue weighted by molar-refractivity contribution is 6.25. The molecule has 0 radical (unpaired) electrons. The summed E-state index contributed by atoms with van der Waals surface area (Å²) in [6.45, 7) is 3.84. The van der Waals surface area contributed by atoms with Crippen LogP contribution in [0.4, 0.5) is 0 Å². The van der Waals surface area contributed by atoms with Crippen LogP contribution in [-0.4, -0.2) is 44.0 Å². The monoisotopic (exact) mass is 337 g/mol. The molecule has 4 heterocycles. The predicted octanol–water partition coefficient (Wildman–Crippen LogP) is 1.77. The second kappa shape index (κ2) is 5.37. The third-order valence-corrected chi connectivity index (χ3v) is 4.47. The first-order chi connectivity index (χ1) is 12.0. The summed E-state index contributed by atoms with van der Waals surface area (Å²) >= 11 is 0. The lowest BCUT2D eigenvalue weighted by molar-refractivity contribution is 0.0640. The van der Waals surface area contributed by atoms with Gasteiger partial charge in [0.2, 0.25) is 0 Å². The van der Waals surface area contributed by atoms with Crippen molar-refractivity contribution in [2.24, 2.45) is 0 Å². The van der Waals surface area contributed by atoms with Crippen molar-refractivity contribution in [2.75, 3.05) is 7.11 Å². The van der Waals surface area contributed by atoms with Gasteiger partial charge in [-0.2, -0.15) is 5.10 Å². The molecule has 0 spiro atoms. The van der Waals surface area contributed by atoms with Crippen LogP contribution in [0.3, 0.4) is 0 Å². The lowest BCUT2D eigenvalue weighted by Crippen LogP contribution is -2.30. The number of nitrogens with zero attached hydrogens (tertiary/aromatic N) is 4. The molecule has 2 amide bonds. The fourth-order valence-electron chi connectivity index (χ4n) is 3.19. The van der Waals surface area contributed by atoms with Gasteiger partial charge in [-0.1, -0.05) is 0 Å². The summed E-state index contributed by atoms with van der Waals surface area (Å²) in [6.07, 6.45) is 4.59. The SMILES string of the molecule is COc1c(C)cnc(CN2C(=O)c3cnc4[nH]ncc4c3C2=O)c1C. The number of aromatic nitrogens is 4. The maximum absolute atomic E-state index is 12.8. The second-order valence-corrected chi connectivity index (χ2v) is 5.92. The summed E-state index contributed by atoms with van der Waals surface area (Å²) < 4.78 is 5.39. The van der Waals surface area contributed by atoms with Crippen molar-refractivity contribution in [1.29, 1.82) is 0 Å². The normalized spacial score (nSPS) is 13.6. The summed E-state index contributed by atoms with van der Waals surface area (Å²) in [7, 11) is 1.59. The van der Waals surface area contributed by atoms with Crippen LogP contribution in [0.25, 0.3) is 11.0 Å². The summed E-state index contributed by atoms with van der Waals surface area (Å²) in [4.78, 5) is 35.2. The Morgan fingerprint density at radius 1 is 1.12 bits per heavy atom. The third-order valence-electron chi connectivity index (χ3n) is 4.47. The van der Waals surface area contributed by atoms with Gasteiger partial charge in [0.25, 0.3) is 11.8 Å². The fourth-order valence-corrected chi connectivity index (χ4v) is 3.19. The summed E-state index contributed by atoms with van der Waals surface area (Å²) in [5.41, 5.74) is 3.43. The third kappa shape index (κ3) is 2.10. The molecule has 0 saturated carbocycles. The zero-order chi connectivity index (χ0) is 17.7. The van der Waals surface area contributed by atoms with Gasteiger partial charge in [-0.3, -0.25) is 24.6 Å². The summed E-state index contributed by atoms with van der Waals surface area (Å²) in [5.74, 6) is -0.0358. The number of amides is 2. The van der Waals surface area contributed by atoms with Gasteiger partial charge in [-0.25, -0.2) is 4.98 Å². The predicted molar refractivity (Wildman–Crippen MR) is 88.4 cm³/mol. The van der Waals surface area contributed by atoms with Crippen molar-refractivity contribution in [3.63, 3.8) is 0 Å². The molecule has 1 aliphatic rings. The number of aryl methyl sites for hydroxylation is 1. The first-order valence-corrected chi connectivity index (χ1v) is 7.70. The highest BCUT2D eigenvalue weighted by Crippen LogP contribution is 2.31. The minimum Gasteiger partial charge on any atom is -0.496 e. The van der Waals surface area contributed by atoms with E-state index in [0.29, 0.717) is 28.0 Å². The number of ether oxygens (including phenoxy) is 1. The lowest BCUT2D eigenvalue weighted by Gasteiger charge is -2.17. The molecule has 0 fully saturated rings. The van der Waals surface area contributed by atoms with Gasteiger partial charge >= 0.3 is 0 Å². The average molecular weight is 337 g/mol. The van der Waals surface area contributed by atoms with E-state index in [0.717, 1.165) is 11.1 Å². The van der Waals surface area contributed by atoms with Crippen LogP contribution < -0.4 is 4.74 Å². The number of H-pyrrole nitrogens is 1. The van der Waals surface area contributed by atoms with E-state index in [1.165, 1.54) is 17.3 Å². The van der Waals surface area contributed by atoms with Crippen LogP contribution in [-0.2, 0) is 6.54 Å². The number of carbonyl (C=O) groups excluding carboxylic acids is 2. The van der Waals surface area contributed by atoms with Gasteiger partial charge in [0.1, 0.15) is 5.75 Å². The maximum atomic E-state index is 12.8. The molecule has 25 heavy (non-hydrogen) atoms. The number of methoxy groups -OCH3 is 1. The fraction of sp³-hybridized carbons (Fsp3) is 0.235. The Hall–Kier alpha value is -3.29. The van der Waals surface area contributed by atoms with E-state index in [2.05, 4.69) is 20.2 Å². The molecular formula is C17H15N5O3. The van der Waals surface area contributed by atoms with Crippen LogP contribution >= 0.6 is 0 Å². The molecule has 0 unspecified atom stereocenters. The average Bonchev–Trinajstić information content (AvgIpc) is 3.16. The molecule has 4 rings (SSSR count). The highest BCUT2D eigenvalue weighted by Gasteiger charge is 2.38. The lowest BCUT2D eigenvalue weighted by atomic mass is 10.1. The maximum Gasteiger partial charge on any atom is 0.263 e. The van der Waals surface area contributed by atoms with Gasteiger partial charge in [0, 0.05) is 23.5 Å². The zero-order valence-corrected chi connectivity index (χ0v) is 14.0. The van der Waals surface area contributed by atoms with Crippen molar-refractivity contribution in [3.05, 3.63) is 46.5 Å². The van der Waals surface area contributed by atoms with E-state index < -0.39 is 0 Å². The Balaban J connectivity index is 1.76. The first-order valence-electron chi connectivity index (χ1n) is 7.70. The van der Waals surface area contributed by atoms with Crippen molar-refractivity contribution in [2.45, 2.75) is 20.4 Å². The molecule has 3 aromatic heterocycles. The molecule has 1 N–H and O–H groups in total. The van der Waals surface area contributed by atoms with Gasteiger partial charge in [-0.15, -0.1) is 0 Å². The number of hydrogen-bond acceptors (Lipinski definition) is 6.